The van der Waals surface area contributed by atoms with Gasteiger partial charge >= 0.3 is 12.1 Å². The summed E-state index contributed by atoms with van der Waals surface area (Å²) >= 11 is 0. The maximum absolute atomic E-state index is 13.4. The van der Waals surface area contributed by atoms with Gasteiger partial charge in [-0.2, -0.15) is 18.4 Å². The summed E-state index contributed by atoms with van der Waals surface area (Å²) in [4.78, 5) is 26.8. The van der Waals surface area contributed by atoms with E-state index in [1.165, 1.54) is 13.1 Å². The van der Waals surface area contributed by atoms with Gasteiger partial charge in [0.15, 0.2) is 6.29 Å². The molecule has 1 unspecified atom stereocenters. The minimum atomic E-state index is -4.65. The second-order valence-electron chi connectivity index (χ2n) is 6.81. The van der Waals surface area contributed by atoms with Gasteiger partial charge in [0.25, 0.3) is 0 Å². The zero-order chi connectivity index (χ0) is 22.1. The van der Waals surface area contributed by atoms with E-state index in [0.717, 1.165) is 11.4 Å². The SMILES string of the molecule is CC(=O)O[C@@H]1COCC[C@H]1Nc1ncc2c(C=O)c(C#N)c(C(C)C(F)(F)F)n2n1. The number of rotatable bonds is 5. The predicted octanol–water partition coefficient (Wildman–Crippen LogP) is 2.21. The molecule has 1 aliphatic rings. The Hall–Kier alpha value is -3.20. The number of aldehydes is 1. The molecule has 2 aromatic rings. The van der Waals surface area contributed by atoms with Gasteiger partial charge in [0.1, 0.15) is 12.2 Å². The molecular weight excluding hydrogens is 407 g/mol. The van der Waals surface area contributed by atoms with Gasteiger partial charge < -0.3 is 14.8 Å². The Bertz CT molecular complexity index is 1010. The van der Waals surface area contributed by atoms with Crippen LogP contribution >= 0.6 is 0 Å². The van der Waals surface area contributed by atoms with Crippen molar-refractivity contribution in [2.45, 2.75) is 44.5 Å². The topological polar surface area (TPSA) is 119 Å². The minimum Gasteiger partial charge on any atom is -0.458 e. The summed E-state index contributed by atoms with van der Waals surface area (Å²) in [5.41, 5.74) is -1.07. The fourth-order valence-corrected chi connectivity index (χ4v) is 3.32. The third-order valence-electron chi connectivity index (χ3n) is 4.83. The van der Waals surface area contributed by atoms with E-state index >= 15 is 0 Å². The van der Waals surface area contributed by atoms with Gasteiger partial charge in [-0.25, -0.2) is 9.50 Å². The molecule has 1 saturated heterocycles. The predicted molar refractivity (Wildman–Crippen MR) is 96.0 cm³/mol. The molecule has 1 aliphatic heterocycles. The molecule has 30 heavy (non-hydrogen) atoms. The second kappa shape index (κ2) is 8.27. The molecule has 3 rings (SSSR count). The molecule has 0 aliphatic carbocycles. The largest absolute Gasteiger partial charge is 0.458 e. The number of esters is 1. The molecule has 12 heteroatoms. The van der Waals surface area contributed by atoms with E-state index in [9.17, 15) is 28.0 Å². The summed E-state index contributed by atoms with van der Waals surface area (Å²) in [7, 11) is 0. The van der Waals surface area contributed by atoms with Gasteiger partial charge in [-0.1, -0.05) is 0 Å². The first kappa shape index (κ1) is 21.5. The molecule has 0 bridgehead atoms. The highest BCUT2D eigenvalue weighted by Crippen LogP contribution is 2.38. The van der Waals surface area contributed by atoms with Crippen molar-refractivity contribution < 1.29 is 32.2 Å². The van der Waals surface area contributed by atoms with Crippen molar-refractivity contribution in [3.8, 4) is 6.07 Å². The number of aromatic nitrogens is 3. The molecular formula is C18H18F3N5O4. The van der Waals surface area contributed by atoms with Crippen LogP contribution in [0.5, 0.6) is 0 Å². The van der Waals surface area contributed by atoms with Gasteiger partial charge in [-0.15, -0.1) is 5.10 Å². The molecule has 1 fully saturated rings. The third-order valence-corrected chi connectivity index (χ3v) is 4.83. The fraction of sp³-hybridized carbons (Fsp3) is 0.500. The van der Waals surface area contributed by atoms with Crippen LogP contribution < -0.4 is 5.32 Å². The molecule has 0 saturated carbocycles. The molecule has 0 spiro atoms. The van der Waals surface area contributed by atoms with Crippen molar-refractivity contribution in [3.05, 3.63) is 23.0 Å². The average Bonchev–Trinajstić information content (AvgIpc) is 3.00. The summed E-state index contributed by atoms with van der Waals surface area (Å²) in [5.74, 6) is -2.60. The average molecular weight is 425 g/mol. The van der Waals surface area contributed by atoms with Gasteiger partial charge in [0.2, 0.25) is 5.95 Å². The van der Waals surface area contributed by atoms with E-state index in [4.69, 9.17) is 9.47 Å². The van der Waals surface area contributed by atoms with E-state index in [2.05, 4.69) is 15.4 Å². The molecule has 3 heterocycles. The van der Waals surface area contributed by atoms with Crippen LogP contribution in [0.15, 0.2) is 6.20 Å². The number of fused-ring (bicyclic) bond motifs is 1. The molecule has 0 aromatic carbocycles. The minimum absolute atomic E-state index is 0.0123. The van der Waals surface area contributed by atoms with Crippen LogP contribution in [-0.4, -0.2) is 58.4 Å². The van der Waals surface area contributed by atoms with Crippen molar-refractivity contribution in [1.29, 1.82) is 5.26 Å². The summed E-state index contributed by atoms with van der Waals surface area (Å²) in [6.07, 6.45) is -3.35. The number of carbonyl (C=O) groups is 2. The molecule has 160 valence electrons. The smallest absolute Gasteiger partial charge is 0.397 e. The first-order chi connectivity index (χ1) is 14.2. The highest BCUT2D eigenvalue weighted by Gasteiger charge is 2.41. The molecule has 0 amide bonds. The Labute approximate surface area is 168 Å². The standard InChI is InChI=1S/C18H18F3N5O4/c1-9(18(19,20)21)16-11(5-22)12(7-27)14-6-23-17(25-26(14)16)24-13-3-4-29-8-15(13)30-10(2)28/h6-7,9,13,15H,3-4,8H2,1-2H3,(H,24,25)/t9?,13-,15-/m1/s1. The van der Waals surface area contributed by atoms with Crippen LogP contribution in [0, 0.1) is 11.3 Å². The lowest BCUT2D eigenvalue weighted by Crippen LogP contribution is -2.44. The first-order valence-electron chi connectivity index (χ1n) is 9.02. The van der Waals surface area contributed by atoms with Crippen LogP contribution in [0.25, 0.3) is 5.52 Å². The molecule has 3 atom stereocenters. The number of alkyl halides is 3. The van der Waals surface area contributed by atoms with E-state index in [0.29, 0.717) is 19.3 Å². The molecule has 9 nitrogen and oxygen atoms in total. The number of hydrogen-bond acceptors (Lipinski definition) is 8. The number of nitriles is 1. The second-order valence-corrected chi connectivity index (χ2v) is 6.81. The summed E-state index contributed by atoms with van der Waals surface area (Å²) in [6.45, 7) is 2.67. The maximum Gasteiger partial charge on any atom is 0.397 e. The lowest BCUT2D eigenvalue weighted by Gasteiger charge is -2.31. The van der Waals surface area contributed by atoms with Crippen LogP contribution in [0.1, 0.15) is 47.8 Å². The number of anilines is 1. The number of hydrogen-bond donors (Lipinski definition) is 1. The third kappa shape index (κ3) is 4.06. The highest BCUT2D eigenvalue weighted by molar-refractivity contribution is 5.91. The Morgan fingerprint density at radius 3 is 2.87 bits per heavy atom. The Morgan fingerprint density at radius 1 is 1.53 bits per heavy atom. The Kier molecular flexibility index (Phi) is 5.93. The van der Waals surface area contributed by atoms with E-state index in [1.807, 2.05) is 0 Å². The monoisotopic (exact) mass is 425 g/mol. The Morgan fingerprint density at radius 2 is 2.27 bits per heavy atom. The number of ether oxygens (including phenoxy) is 2. The fourth-order valence-electron chi connectivity index (χ4n) is 3.32. The van der Waals surface area contributed by atoms with Crippen molar-refractivity contribution in [2.24, 2.45) is 0 Å². The van der Waals surface area contributed by atoms with Crippen molar-refractivity contribution in [3.63, 3.8) is 0 Å². The Balaban J connectivity index is 2.05. The van der Waals surface area contributed by atoms with Gasteiger partial charge in [0, 0.05) is 13.5 Å². The summed E-state index contributed by atoms with van der Waals surface area (Å²) in [5, 5.41) is 16.4. The number of halogens is 3. The highest BCUT2D eigenvalue weighted by atomic mass is 19.4. The van der Waals surface area contributed by atoms with Crippen LogP contribution in [0.4, 0.5) is 19.1 Å². The normalized spacial score (nSPS) is 20.4. The van der Waals surface area contributed by atoms with E-state index in [-0.39, 0.29) is 23.6 Å². The van der Waals surface area contributed by atoms with Crippen molar-refractivity contribution in [1.82, 2.24) is 14.6 Å². The first-order valence-corrected chi connectivity index (χ1v) is 9.02. The van der Waals surface area contributed by atoms with E-state index < -0.39 is 41.5 Å². The van der Waals surface area contributed by atoms with Gasteiger partial charge in [-0.05, 0) is 13.3 Å². The number of nitrogens with zero attached hydrogens (tertiary/aromatic N) is 4. The van der Waals surface area contributed by atoms with Gasteiger partial charge in [-0.3, -0.25) is 9.59 Å². The van der Waals surface area contributed by atoms with Crippen molar-refractivity contribution >= 4 is 23.7 Å². The van der Waals surface area contributed by atoms with Crippen LogP contribution in [0.2, 0.25) is 0 Å². The van der Waals surface area contributed by atoms with E-state index in [1.54, 1.807) is 6.07 Å². The summed E-state index contributed by atoms with van der Waals surface area (Å²) in [6, 6.07) is 1.24. The van der Waals surface area contributed by atoms with Crippen LogP contribution in [0.3, 0.4) is 0 Å². The molecule has 2 aromatic heterocycles. The number of carbonyl (C=O) groups excluding carboxylic acids is 2. The lowest BCUT2D eigenvalue weighted by molar-refractivity contribution is -0.153. The molecule has 0 radical (unpaired) electrons. The zero-order valence-electron chi connectivity index (χ0n) is 16.1. The van der Waals surface area contributed by atoms with Crippen LogP contribution in [-0.2, 0) is 14.3 Å². The maximum atomic E-state index is 13.4. The van der Waals surface area contributed by atoms with Gasteiger partial charge in [0.05, 0.1) is 47.1 Å². The quantitative estimate of drug-likeness (QED) is 0.572. The zero-order valence-corrected chi connectivity index (χ0v) is 16.1. The molecule has 1 N–H and O–H groups in total. The lowest BCUT2D eigenvalue weighted by atomic mass is 10.0. The summed E-state index contributed by atoms with van der Waals surface area (Å²) < 4.78 is 51.6. The number of nitrogens with one attached hydrogen (secondary N) is 1. The van der Waals surface area contributed by atoms with Crippen molar-refractivity contribution in [2.75, 3.05) is 18.5 Å².